The summed E-state index contributed by atoms with van der Waals surface area (Å²) >= 11 is 0. The Kier molecular flexibility index (Phi) is 36.0. The van der Waals surface area contributed by atoms with Crippen LogP contribution in [0.5, 0.6) is 0 Å². The van der Waals surface area contributed by atoms with Gasteiger partial charge in [0.25, 0.3) is 0 Å². The molecule has 6 heterocycles. The molecule has 0 aliphatic carbocycles. The highest BCUT2D eigenvalue weighted by molar-refractivity contribution is 5.84. The second-order valence-corrected chi connectivity index (χ2v) is 22.8. The number of pyridine rings is 2. The van der Waals surface area contributed by atoms with E-state index in [2.05, 4.69) is 204 Å². The average molecular weight is 1110 g/mol. The van der Waals surface area contributed by atoms with Crippen LogP contribution in [0.4, 0.5) is 0 Å². The van der Waals surface area contributed by atoms with Crippen LogP contribution in [0.15, 0.2) is 226 Å². The van der Waals surface area contributed by atoms with Crippen LogP contribution in [0.3, 0.4) is 0 Å². The molecular weight excluding hydrogens is 1020 g/mol. The lowest BCUT2D eigenvalue weighted by atomic mass is 10.0. The summed E-state index contributed by atoms with van der Waals surface area (Å²) in [5.41, 5.74) is 5.99. The molecule has 0 fully saturated rings. The van der Waals surface area contributed by atoms with Crippen molar-refractivity contribution in [3.05, 3.63) is 231 Å². The van der Waals surface area contributed by atoms with E-state index in [1.807, 2.05) is 158 Å². The van der Waals surface area contributed by atoms with Crippen LogP contribution >= 0.6 is 0 Å². The maximum atomic E-state index is 4.18. The van der Waals surface area contributed by atoms with E-state index >= 15 is 0 Å². The minimum atomic E-state index is 0.429. The molecule has 0 N–H and O–H groups in total. The number of rotatable bonds is 1. The molecule has 10 nitrogen and oxygen atoms in total. The smallest absolute Gasteiger partial charge is 0.116 e. The zero-order valence-electron chi connectivity index (χ0n) is 52.8. The first kappa shape index (κ1) is 70.6. The van der Waals surface area contributed by atoms with E-state index in [1.165, 1.54) is 26.9 Å². The van der Waals surface area contributed by atoms with E-state index in [0.717, 1.165) is 73.6 Å². The lowest BCUT2D eigenvalue weighted by Crippen LogP contribution is -1.95. The number of para-hydroxylation sites is 4. The summed E-state index contributed by atoms with van der Waals surface area (Å²) < 4.78 is 0. The van der Waals surface area contributed by atoms with Gasteiger partial charge in [0.15, 0.2) is 0 Å². The summed E-state index contributed by atoms with van der Waals surface area (Å²) in [6.45, 7) is 36.8. The summed E-state index contributed by atoms with van der Waals surface area (Å²) in [7, 11) is 0. The van der Waals surface area contributed by atoms with Crippen molar-refractivity contribution in [2.24, 2.45) is 29.6 Å². The molecule has 0 saturated carbocycles. The first-order valence-electron chi connectivity index (χ1n) is 29.0. The Hall–Kier alpha value is -8.50. The van der Waals surface area contributed by atoms with Crippen molar-refractivity contribution in [3.8, 4) is 0 Å². The second kappa shape index (κ2) is 42.4. The third kappa shape index (κ3) is 33.1. The molecule has 0 amide bonds. The number of benzene rings is 6. The Balaban J connectivity index is 0.000000320. The van der Waals surface area contributed by atoms with Gasteiger partial charge in [-0.3, -0.25) is 19.9 Å². The van der Waals surface area contributed by atoms with E-state index in [0.29, 0.717) is 5.92 Å². The largest absolute Gasteiger partial charge is 0.264 e. The standard InChI is InChI=1S/C11H12N2.2C9H7N.3C8H6N2.5C4H10/c1-8(2)11-10-6-4-3-5-9(10)7-12-13-11;1-2-6-9-8(4-1)5-3-7-10-9;1-2-4-9-7-10-6-5-8(9)3-1;1-2-4-8-7(3-1)5-9-6-10-8;1-2-4-8-7(3-1)9-5-6-10-8;1-2-4-8-7(3-1)5-6-9-10-8;5*1-4(2)3/h3-8H,1-2H3;2*1-7H;3*1-6H;5*4H,1-3H3. The van der Waals surface area contributed by atoms with Gasteiger partial charge in [-0.05, 0) is 94.8 Å². The van der Waals surface area contributed by atoms with Crippen LogP contribution in [0.2, 0.25) is 0 Å². The maximum absolute atomic E-state index is 4.18. The minimum absolute atomic E-state index is 0.429. The second-order valence-electron chi connectivity index (χ2n) is 22.8. The molecule has 0 atom stereocenters. The summed E-state index contributed by atoms with van der Waals surface area (Å²) in [5.74, 6) is 4.60. The lowest BCUT2D eigenvalue weighted by Gasteiger charge is -2.06. The molecule has 12 aromatic rings. The maximum Gasteiger partial charge on any atom is 0.116 e. The first-order chi connectivity index (χ1) is 39.8. The third-order valence-corrected chi connectivity index (χ3v) is 9.42. The van der Waals surface area contributed by atoms with E-state index in [4.69, 9.17) is 0 Å². The average Bonchev–Trinajstić information content (AvgIpc) is 3.52. The molecule has 6 aromatic heterocycles. The SMILES string of the molecule is CC(C)C.CC(C)C.CC(C)C.CC(C)C.CC(C)C.CC(C)c1nncc2ccccc12.c1ccc2cnccc2c1.c1ccc2ncccc2c1.c1ccc2nccnc2c1.c1ccc2ncncc2c1.c1ccc2nnccc2c1. The highest BCUT2D eigenvalue weighted by Crippen LogP contribution is 2.21. The number of nitrogens with zero attached hydrogens (tertiary/aromatic N) is 10. The van der Waals surface area contributed by atoms with Crippen molar-refractivity contribution >= 4 is 65.3 Å². The van der Waals surface area contributed by atoms with Crippen LogP contribution in [0.1, 0.15) is 129 Å². The summed E-state index contributed by atoms with van der Waals surface area (Å²) in [6.07, 6.45) is 15.7. The predicted octanol–water partition coefficient (Wildman–Crippen LogP) is 20.4. The monoisotopic (exact) mass is 1110 g/mol. The third-order valence-electron chi connectivity index (χ3n) is 9.42. The van der Waals surface area contributed by atoms with Crippen LogP contribution in [0, 0.1) is 29.6 Å². The van der Waals surface area contributed by atoms with E-state index < -0.39 is 0 Å². The number of aromatic nitrogens is 10. The van der Waals surface area contributed by atoms with Gasteiger partial charge in [-0.25, -0.2) is 9.97 Å². The fourth-order valence-corrected chi connectivity index (χ4v) is 6.28. The molecule has 10 heteroatoms. The molecule has 0 aliphatic rings. The number of hydrogen-bond donors (Lipinski definition) is 0. The Morgan fingerprint density at radius 2 is 0.639 bits per heavy atom. The number of hydrogen-bond acceptors (Lipinski definition) is 10. The minimum Gasteiger partial charge on any atom is -0.264 e. The lowest BCUT2D eigenvalue weighted by molar-refractivity contribution is 0.736. The van der Waals surface area contributed by atoms with Crippen molar-refractivity contribution in [1.82, 2.24) is 50.3 Å². The molecule has 0 aliphatic heterocycles. The Morgan fingerprint density at radius 3 is 1.13 bits per heavy atom. The van der Waals surface area contributed by atoms with Gasteiger partial charge in [-0.2, -0.15) is 20.4 Å². The summed E-state index contributed by atoms with van der Waals surface area (Å²) in [6, 6.07) is 56.1. The highest BCUT2D eigenvalue weighted by Gasteiger charge is 2.06. The van der Waals surface area contributed by atoms with Crippen molar-refractivity contribution in [2.45, 2.75) is 124 Å². The Labute approximate surface area is 497 Å². The molecule has 83 heavy (non-hydrogen) atoms. The Bertz CT molecular complexity index is 2750. The van der Waals surface area contributed by atoms with E-state index in [9.17, 15) is 0 Å². The van der Waals surface area contributed by atoms with Crippen molar-refractivity contribution in [2.75, 3.05) is 0 Å². The molecule has 0 unspecified atom stereocenters. The van der Waals surface area contributed by atoms with Gasteiger partial charge in [0.2, 0.25) is 0 Å². The number of fused-ring (bicyclic) bond motifs is 6. The van der Waals surface area contributed by atoms with Crippen LogP contribution in [0.25, 0.3) is 65.3 Å². The fourth-order valence-electron chi connectivity index (χ4n) is 6.28. The summed E-state index contributed by atoms with van der Waals surface area (Å²) in [4.78, 5) is 24.4. The van der Waals surface area contributed by atoms with Crippen LogP contribution in [-0.4, -0.2) is 50.3 Å². The molecule has 0 spiro atoms. The zero-order valence-corrected chi connectivity index (χ0v) is 52.8. The highest BCUT2D eigenvalue weighted by atomic mass is 15.1. The van der Waals surface area contributed by atoms with Gasteiger partial charge in [0.05, 0.1) is 45.7 Å². The van der Waals surface area contributed by atoms with Gasteiger partial charge in [0, 0.05) is 64.1 Å². The molecule has 12 rings (SSSR count). The zero-order chi connectivity index (χ0) is 61.2. The normalized spacial score (nSPS) is 9.92. The molecular formula is C73H94N10. The molecule has 436 valence electrons. The molecule has 0 radical (unpaired) electrons. The topological polar surface area (TPSA) is 129 Å². The predicted molar refractivity (Wildman–Crippen MR) is 358 cm³/mol. The van der Waals surface area contributed by atoms with Gasteiger partial charge < -0.3 is 0 Å². The van der Waals surface area contributed by atoms with Gasteiger partial charge in [0.1, 0.15) is 6.33 Å². The van der Waals surface area contributed by atoms with Crippen molar-refractivity contribution < 1.29 is 0 Å². The molecule has 6 aromatic carbocycles. The van der Waals surface area contributed by atoms with E-state index in [-0.39, 0.29) is 0 Å². The molecule has 0 bridgehead atoms. The van der Waals surface area contributed by atoms with E-state index in [1.54, 1.807) is 31.1 Å². The summed E-state index contributed by atoms with van der Waals surface area (Å²) in [5, 5.41) is 24.1. The van der Waals surface area contributed by atoms with Gasteiger partial charge >= 0.3 is 0 Å². The fraction of sp³-hybridized carbons (Fsp3) is 0.315. The quantitative estimate of drug-likeness (QED) is 0.157. The van der Waals surface area contributed by atoms with Gasteiger partial charge in [-0.1, -0.05) is 239 Å². The van der Waals surface area contributed by atoms with Crippen LogP contribution in [-0.2, 0) is 0 Å². The first-order valence-corrected chi connectivity index (χ1v) is 29.0. The van der Waals surface area contributed by atoms with Crippen molar-refractivity contribution in [1.29, 1.82) is 0 Å². The Morgan fingerprint density at radius 1 is 0.253 bits per heavy atom. The van der Waals surface area contributed by atoms with Crippen molar-refractivity contribution in [3.63, 3.8) is 0 Å². The van der Waals surface area contributed by atoms with Crippen LogP contribution < -0.4 is 0 Å². The van der Waals surface area contributed by atoms with Gasteiger partial charge in [-0.15, -0.1) is 0 Å². The molecule has 0 saturated heterocycles.